The van der Waals surface area contributed by atoms with Crippen LogP contribution in [0.1, 0.15) is 21.7 Å². The number of nitrogens with zero attached hydrogens (tertiary/aromatic N) is 2. The molecule has 0 N–H and O–H groups in total. The average molecular weight is 373 g/mol. The first-order valence-corrected chi connectivity index (χ1v) is 9.06. The number of rotatable bonds is 5. The van der Waals surface area contributed by atoms with Gasteiger partial charge in [-0.15, -0.1) is 0 Å². The van der Waals surface area contributed by atoms with Gasteiger partial charge in [0.2, 0.25) is 0 Å². The van der Waals surface area contributed by atoms with E-state index in [9.17, 15) is 4.79 Å². The van der Waals surface area contributed by atoms with Gasteiger partial charge < -0.3 is 4.57 Å². The van der Waals surface area contributed by atoms with Crippen LogP contribution in [-0.2, 0) is 6.54 Å². The second kappa shape index (κ2) is 7.60. The van der Waals surface area contributed by atoms with Crippen molar-refractivity contribution in [3.05, 3.63) is 107 Å². The van der Waals surface area contributed by atoms with E-state index in [4.69, 9.17) is 11.6 Å². The van der Waals surface area contributed by atoms with Gasteiger partial charge in [0.15, 0.2) is 5.78 Å². The first-order valence-electron chi connectivity index (χ1n) is 8.68. The molecule has 0 aliphatic rings. The highest BCUT2D eigenvalue weighted by molar-refractivity contribution is 6.30. The van der Waals surface area contributed by atoms with Crippen molar-refractivity contribution < 1.29 is 4.79 Å². The van der Waals surface area contributed by atoms with E-state index in [1.165, 1.54) is 0 Å². The van der Waals surface area contributed by atoms with E-state index in [0.29, 0.717) is 17.1 Å². The molecule has 0 fully saturated rings. The van der Waals surface area contributed by atoms with Crippen molar-refractivity contribution >= 4 is 34.5 Å². The molecule has 4 aromatic rings. The third-order valence-electron chi connectivity index (χ3n) is 4.38. The molecule has 4 heteroatoms. The Kier molecular flexibility index (Phi) is 4.86. The Hall–Kier alpha value is -3.17. The summed E-state index contributed by atoms with van der Waals surface area (Å²) < 4.78 is 2.10. The van der Waals surface area contributed by atoms with Crippen LogP contribution < -0.4 is 0 Å². The Morgan fingerprint density at radius 2 is 1.63 bits per heavy atom. The zero-order valence-electron chi connectivity index (χ0n) is 14.5. The topological polar surface area (TPSA) is 34.9 Å². The maximum atomic E-state index is 12.4. The molecule has 3 nitrogen and oxygen atoms in total. The summed E-state index contributed by atoms with van der Waals surface area (Å²) >= 11 is 5.99. The van der Waals surface area contributed by atoms with E-state index in [1.807, 2.05) is 78.9 Å². The highest BCUT2D eigenvalue weighted by Gasteiger charge is 2.10. The van der Waals surface area contributed by atoms with Gasteiger partial charge in [-0.3, -0.25) is 4.79 Å². The van der Waals surface area contributed by atoms with Crippen molar-refractivity contribution in [1.82, 2.24) is 9.55 Å². The summed E-state index contributed by atoms with van der Waals surface area (Å²) in [5, 5.41) is 0.711. The van der Waals surface area contributed by atoms with Crippen molar-refractivity contribution in [2.45, 2.75) is 6.54 Å². The summed E-state index contributed by atoms with van der Waals surface area (Å²) in [4.78, 5) is 17.1. The van der Waals surface area contributed by atoms with Crippen molar-refractivity contribution in [2.24, 2.45) is 0 Å². The Balaban J connectivity index is 1.70. The number of aromatic nitrogens is 2. The van der Waals surface area contributed by atoms with Crippen LogP contribution in [0.4, 0.5) is 0 Å². The number of carbonyl (C=O) groups is 1. The minimum atomic E-state index is -0.0410. The molecule has 0 atom stereocenters. The Morgan fingerprint density at radius 3 is 2.41 bits per heavy atom. The number of halogens is 1. The lowest BCUT2D eigenvalue weighted by molar-refractivity contribution is 0.104. The minimum absolute atomic E-state index is 0.0410. The van der Waals surface area contributed by atoms with E-state index in [0.717, 1.165) is 22.4 Å². The summed E-state index contributed by atoms with van der Waals surface area (Å²) in [5.74, 6) is 0.705. The Bertz CT molecular complexity index is 1110. The van der Waals surface area contributed by atoms with Crippen molar-refractivity contribution in [3.63, 3.8) is 0 Å². The van der Waals surface area contributed by atoms with Crippen LogP contribution in [0.3, 0.4) is 0 Å². The van der Waals surface area contributed by atoms with Gasteiger partial charge in [-0.2, -0.15) is 0 Å². The molecular formula is C23H17ClN2O. The van der Waals surface area contributed by atoms with Gasteiger partial charge in [0.25, 0.3) is 0 Å². The molecule has 27 heavy (non-hydrogen) atoms. The Labute approximate surface area is 162 Å². The highest BCUT2D eigenvalue weighted by atomic mass is 35.5. The van der Waals surface area contributed by atoms with Crippen LogP contribution in [0.2, 0.25) is 5.02 Å². The van der Waals surface area contributed by atoms with Gasteiger partial charge in [-0.1, -0.05) is 66.2 Å². The molecule has 0 unspecified atom stereocenters. The summed E-state index contributed by atoms with van der Waals surface area (Å²) in [6, 6.07) is 25.0. The van der Waals surface area contributed by atoms with E-state index < -0.39 is 0 Å². The van der Waals surface area contributed by atoms with E-state index in [-0.39, 0.29) is 5.78 Å². The molecule has 0 saturated carbocycles. The van der Waals surface area contributed by atoms with Crippen LogP contribution >= 0.6 is 11.6 Å². The third kappa shape index (κ3) is 3.83. The zero-order valence-corrected chi connectivity index (χ0v) is 15.3. The molecule has 0 amide bonds. The van der Waals surface area contributed by atoms with Gasteiger partial charge in [0.1, 0.15) is 5.82 Å². The predicted molar refractivity (Wildman–Crippen MR) is 110 cm³/mol. The number of para-hydroxylation sites is 2. The molecule has 3 aromatic carbocycles. The van der Waals surface area contributed by atoms with Gasteiger partial charge in [-0.25, -0.2) is 4.98 Å². The number of imidazole rings is 1. The van der Waals surface area contributed by atoms with E-state index >= 15 is 0 Å². The van der Waals surface area contributed by atoms with Crippen LogP contribution in [0, 0.1) is 0 Å². The molecule has 132 valence electrons. The maximum Gasteiger partial charge on any atom is 0.185 e. The smallest absolute Gasteiger partial charge is 0.185 e. The fourth-order valence-corrected chi connectivity index (χ4v) is 3.13. The SMILES string of the molecule is O=C(/C=C/c1nc2ccccc2n1Cc1ccc(Cl)cc1)c1ccccc1. The van der Waals surface area contributed by atoms with Crippen molar-refractivity contribution in [3.8, 4) is 0 Å². The van der Waals surface area contributed by atoms with Crippen LogP contribution in [0.5, 0.6) is 0 Å². The average Bonchev–Trinajstić information content (AvgIpc) is 3.06. The molecule has 0 spiro atoms. The lowest BCUT2D eigenvalue weighted by atomic mass is 10.1. The van der Waals surface area contributed by atoms with Gasteiger partial charge in [0, 0.05) is 17.1 Å². The fraction of sp³-hybridized carbons (Fsp3) is 0.0435. The lowest BCUT2D eigenvalue weighted by Crippen LogP contribution is -2.02. The number of allylic oxidation sites excluding steroid dienone is 1. The Morgan fingerprint density at radius 1 is 0.926 bits per heavy atom. The van der Waals surface area contributed by atoms with Crippen LogP contribution in [0.25, 0.3) is 17.1 Å². The third-order valence-corrected chi connectivity index (χ3v) is 4.63. The molecule has 0 aliphatic heterocycles. The quantitative estimate of drug-likeness (QED) is 0.336. The van der Waals surface area contributed by atoms with E-state index in [2.05, 4.69) is 9.55 Å². The number of benzene rings is 3. The number of ketones is 1. The number of carbonyl (C=O) groups excluding carboxylic acids is 1. The molecule has 1 aromatic heterocycles. The maximum absolute atomic E-state index is 12.4. The molecule has 1 heterocycles. The fourth-order valence-electron chi connectivity index (χ4n) is 3.01. The summed E-state index contributed by atoms with van der Waals surface area (Å²) in [7, 11) is 0. The molecule has 0 saturated heterocycles. The first kappa shape index (κ1) is 17.3. The van der Waals surface area contributed by atoms with E-state index in [1.54, 1.807) is 12.2 Å². The number of fused-ring (bicyclic) bond motifs is 1. The second-order valence-corrected chi connectivity index (χ2v) is 6.67. The van der Waals surface area contributed by atoms with Gasteiger partial charge in [-0.05, 0) is 42.0 Å². The zero-order chi connectivity index (χ0) is 18.6. The highest BCUT2D eigenvalue weighted by Crippen LogP contribution is 2.20. The summed E-state index contributed by atoms with van der Waals surface area (Å²) in [5.41, 5.74) is 3.71. The normalized spacial score (nSPS) is 11.3. The van der Waals surface area contributed by atoms with Crippen LogP contribution in [-0.4, -0.2) is 15.3 Å². The molecule has 0 radical (unpaired) electrons. The van der Waals surface area contributed by atoms with Crippen molar-refractivity contribution in [2.75, 3.05) is 0 Å². The lowest BCUT2D eigenvalue weighted by Gasteiger charge is -2.07. The monoisotopic (exact) mass is 372 g/mol. The van der Waals surface area contributed by atoms with Crippen molar-refractivity contribution in [1.29, 1.82) is 0 Å². The van der Waals surface area contributed by atoms with Crippen LogP contribution in [0.15, 0.2) is 84.9 Å². The first-order chi connectivity index (χ1) is 13.2. The largest absolute Gasteiger partial charge is 0.320 e. The predicted octanol–water partition coefficient (Wildman–Crippen LogP) is 5.63. The summed E-state index contributed by atoms with van der Waals surface area (Å²) in [6.45, 7) is 0.650. The second-order valence-electron chi connectivity index (χ2n) is 6.23. The van der Waals surface area contributed by atoms with Gasteiger partial charge >= 0.3 is 0 Å². The molecule has 0 bridgehead atoms. The minimum Gasteiger partial charge on any atom is -0.320 e. The number of hydrogen-bond donors (Lipinski definition) is 0. The standard InChI is InChI=1S/C23H17ClN2O/c24-19-12-10-17(11-13-19)16-26-21-9-5-4-8-20(21)25-23(26)15-14-22(27)18-6-2-1-3-7-18/h1-15H,16H2/b15-14+. The molecule has 4 rings (SSSR count). The molecule has 0 aliphatic carbocycles. The van der Waals surface area contributed by atoms with Gasteiger partial charge in [0.05, 0.1) is 11.0 Å². The summed E-state index contributed by atoms with van der Waals surface area (Å²) in [6.07, 6.45) is 3.36. The number of hydrogen-bond acceptors (Lipinski definition) is 2. The molecular weight excluding hydrogens is 356 g/mol.